The molecule has 0 aliphatic rings. The average Bonchev–Trinajstić information content (AvgIpc) is 2.34. The highest BCUT2D eigenvalue weighted by Crippen LogP contribution is 2.06. The Balaban J connectivity index is 2.47. The van der Waals surface area contributed by atoms with Crippen LogP contribution >= 0.6 is 0 Å². The minimum Gasteiger partial charge on any atom is -0.383 e. The van der Waals surface area contributed by atoms with Crippen LogP contribution in [0.25, 0.3) is 0 Å². The van der Waals surface area contributed by atoms with E-state index in [1.54, 1.807) is 7.11 Å². The lowest BCUT2D eigenvalue weighted by molar-refractivity contribution is 0.158. The van der Waals surface area contributed by atoms with E-state index < -0.39 is 0 Å². The minimum absolute atomic E-state index is 0.754. The molecule has 4 heteroatoms. The van der Waals surface area contributed by atoms with E-state index in [4.69, 9.17) is 4.74 Å². The van der Waals surface area contributed by atoms with Gasteiger partial charge in [-0.05, 0) is 25.6 Å². The average molecular weight is 237 g/mol. The van der Waals surface area contributed by atoms with Gasteiger partial charge in [0.2, 0.25) is 0 Å². The van der Waals surface area contributed by atoms with Crippen molar-refractivity contribution in [2.75, 3.05) is 39.2 Å². The molecule has 1 aromatic rings. The zero-order valence-corrected chi connectivity index (χ0v) is 11.1. The Morgan fingerprint density at radius 1 is 1.41 bits per heavy atom. The smallest absolute Gasteiger partial charge is 0.126 e. The van der Waals surface area contributed by atoms with Crippen LogP contribution in [-0.4, -0.2) is 43.7 Å². The summed E-state index contributed by atoms with van der Waals surface area (Å²) >= 11 is 0. The van der Waals surface area contributed by atoms with Crippen molar-refractivity contribution in [2.45, 2.75) is 19.9 Å². The van der Waals surface area contributed by atoms with E-state index in [0.717, 1.165) is 44.2 Å². The van der Waals surface area contributed by atoms with Crippen molar-refractivity contribution in [1.29, 1.82) is 0 Å². The van der Waals surface area contributed by atoms with Crippen LogP contribution < -0.4 is 5.32 Å². The van der Waals surface area contributed by atoms with E-state index in [0.29, 0.717) is 0 Å². The summed E-state index contributed by atoms with van der Waals surface area (Å²) in [6.45, 7) is 5.64. The lowest BCUT2D eigenvalue weighted by atomic mass is 10.3. The van der Waals surface area contributed by atoms with Crippen LogP contribution in [0.2, 0.25) is 0 Å². The monoisotopic (exact) mass is 237 g/mol. The molecule has 1 aromatic heterocycles. The summed E-state index contributed by atoms with van der Waals surface area (Å²) in [5, 5.41) is 3.30. The van der Waals surface area contributed by atoms with Crippen LogP contribution in [0.15, 0.2) is 18.2 Å². The second-order valence-corrected chi connectivity index (χ2v) is 4.17. The SMILES string of the molecule is CCCNc1cccc(CN(C)CCOC)n1. The molecule has 0 spiro atoms. The Morgan fingerprint density at radius 3 is 2.94 bits per heavy atom. The highest BCUT2D eigenvalue weighted by atomic mass is 16.5. The van der Waals surface area contributed by atoms with Crippen molar-refractivity contribution < 1.29 is 4.74 Å². The van der Waals surface area contributed by atoms with E-state index >= 15 is 0 Å². The van der Waals surface area contributed by atoms with E-state index in [-0.39, 0.29) is 0 Å². The lowest BCUT2D eigenvalue weighted by Gasteiger charge is -2.16. The van der Waals surface area contributed by atoms with Gasteiger partial charge in [0.25, 0.3) is 0 Å². The number of methoxy groups -OCH3 is 1. The Morgan fingerprint density at radius 2 is 2.24 bits per heavy atom. The molecule has 1 heterocycles. The van der Waals surface area contributed by atoms with Crippen molar-refractivity contribution in [1.82, 2.24) is 9.88 Å². The van der Waals surface area contributed by atoms with Crippen molar-refractivity contribution >= 4 is 5.82 Å². The third-order valence-corrected chi connectivity index (χ3v) is 2.47. The molecular weight excluding hydrogens is 214 g/mol. The van der Waals surface area contributed by atoms with E-state index in [2.05, 4.69) is 35.2 Å². The quantitative estimate of drug-likeness (QED) is 0.750. The number of hydrogen-bond donors (Lipinski definition) is 1. The number of pyridine rings is 1. The van der Waals surface area contributed by atoms with Crippen LogP contribution in [-0.2, 0) is 11.3 Å². The molecule has 1 rings (SSSR count). The van der Waals surface area contributed by atoms with Crippen molar-refractivity contribution in [3.05, 3.63) is 23.9 Å². The van der Waals surface area contributed by atoms with Gasteiger partial charge in [-0.2, -0.15) is 0 Å². The second kappa shape index (κ2) is 8.03. The summed E-state index contributed by atoms with van der Waals surface area (Å²) in [6, 6.07) is 6.11. The number of nitrogens with zero attached hydrogens (tertiary/aromatic N) is 2. The highest BCUT2D eigenvalue weighted by molar-refractivity contribution is 5.35. The summed E-state index contributed by atoms with van der Waals surface area (Å²) in [7, 11) is 3.80. The first-order valence-electron chi connectivity index (χ1n) is 6.13. The normalized spacial score (nSPS) is 10.8. The first-order valence-corrected chi connectivity index (χ1v) is 6.13. The van der Waals surface area contributed by atoms with E-state index in [1.165, 1.54) is 0 Å². The predicted molar refractivity (Wildman–Crippen MR) is 71.2 cm³/mol. The van der Waals surface area contributed by atoms with Gasteiger partial charge in [-0.25, -0.2) is 4.98 Å². The van der Waals surface area contributed by atoms with Gasteiger partial charge in [-0.3, -0.25) is 4.90 Å². The number of nitrogens with one attached hydrogen (secondary N) is 1. The molecule has 0 fully saturated rings. The van der Waals surface area contributed by atoms with Crippen molar-refractivity contribution in [3.63, 3.8) is 0 Å². The topological polar surface area (TPSA) is 37.4 Å². The van der Waals surface area contributed by atoms with Crippen LogP contribution in [0.3, 0.4) is 0 Å². The molecule has 96 valence electrons. The van der Waals surface area contributed by atoms with Gasteiger partial charge >= 0.3 is 0 Å². The maximum atomic E-state index is 5.05. The molecule has 0 radical (unpaired) electrons. The van der Waals surface area contributed by atoms with Crippen LogP contribution in [0.4, 0.5) is 5.82 Å². The van der Waals surface area contributed by atoms with Crippen molar-refractivity contribution in [3.8, 4) is 0 Å². The second-order valence-electron chi connectivity index (χ2n) is 4.17. The van der Waals surface area contributed by atoms with E-state index in [9.17, 15) is 0 Å². The number of anilines is 1. The molecule has 0 aliphatic heterocycles. The number of likely N-dealkylation sites (N-methyl/N-ethyl adjacent to an activating group) is 1. The van der Waals surface area contributed by atoms with Crippen molar-refractivity contribution in [2.24, 2.45) is 0 Å². The van der Waals surface area contributed by atoms with E-state index in [1.807, 2.05) is 12.1 Å². The molecule has 0 aliphatic carbocycles. The number of hydrogen-bond acceptors (Lipinski definition) is 4. The molecule has 1 N–H and O–H groups in total. The molecular formula is C13H23N3O. The predicted octanol–water partition coefficient (Wildman–Crippen LogP) is 1.98. The first-order chi connectivity index (χ1) is 8.26. The molecule has 0 saturated heterocycles. The number of ether oxygens (including phenoxy) is 1. The van der Waals surface area contributed by atoms with Gasteiger partial charge in [-0.1, -0.05) is 13.0 Å². The van der Waals surface area contributed by atoms with Crippen LogP contribution in [0.5, 0.6) is 0 Å². The first kappa shape index (κ1) is 13.9. The fourth-order valence-corrected chi connectivity index (χ4v) is 1.52. The third-order valence-electron chi connectivity index (χ3n) is 2.47. The molecule has 0 aromatic carbocycles. The Bertz CT molecular complexity index is 317. The Kier molecular flexibility index (Phi) is 6.58. The lowest BCUT2D eigenvalue weighted by Crippen LogP contribution is -2.23. The van der Waals surface area contributed by atoms with Gasteiger partial charge in [0, 0.05) is 26.7 Å². The molecule has 0 amide bonds. The Labute approximate surface area is 104 Å². The van der Waals surface area contributed by atoms with Crippen LogP contribution in [0, 0.1) is 0 Å². The Hall–Kier alpha value is -1.13. The molecule has 4 nitrogen and oxygen atoms in total. The van der Waals surface area contributed by atoms with Gasteiger partial charge < -0.3 is 10.1 Å². The highest BCUT2D eigenvalue weighted by Gasteiger charge is 2.02. The summed E-state index contributed by atoms with van der Waals surface area (Å²) in [4.78, 5) is 6.77. The number of aromatic nitrogens is 1. The third kappa shape index (κ3) is 5.65. The van der Waals surface area contributed by atoms with Gasteiger partial charge in [0.1, 0.15) is 5.82 Å². The summed E-state index contributed by atoms with van der Waals surface area (Å²) in [5.74, 6) is 0.962. The summed E-state index contributed by atoms with van der Waals surface area (Å²) < 4.78 is 5.05. The minimum atomic E-state index is 0.754. The van der Waals surface area contributed by atoms with Gasteiger partial charge in [0.15, 0.2) is 0 Å². The zero-order chi connectivity index (χ0) is 12.5. The number of rotatable bonds is 8. The summed E-state index contributed by atoms with van der Waals surface area (Å²) in [6.07, 6.45) is 1.11. The van der Waals surface area contributed by atoms with Gasteiger partial charge in [-0.15, -0.1) is 0 Å². The molecule has 0 saturated carbocycles. The fourth-order valence-electron chi connectivity index (χ4n) is 1.52. The largest absolute Gasteiger partial charge is 0.383 e. The fraction of sp³-hybridized carbons (Fsp3) is 0.615. The molecule has 0 bridgehead atoms. The van der Waals surface area contributed by atoms with Crippen LogP contribution in [0.1, 0.15) is 19.0 Å². The van der Waals surface area contributed by atoms with Gasteiger partial charge in [0.05, 0.1) is 12.3 Å². The summed E-state index contributed by atoms with van der Waals surface area (Å²) in [5.41, 5.74) is 1.09. The maximum Gasteiger partial charge on any atom is 0.126 e. The standard InChI is InChI=1S/C13H23N3O/c1-4-8-14-13-7-5-6-12(15-13)11-16(2)9-10-17-3/h5-7H,4,8-11H2,1-3H3,(H,14,15). The molecule has 17 heavy (non-hydrogen) atoms. The zero-order valence-electron chi connectivity index (χ0n) is 11.1. The molecule has 0 atom stereocenters. The molecule has 0 unspecified atom stereocenters. The maximum absolute atomic E-state index is 5.05.